The molecule has 23 heavy (non-hydrogen) atoms. The van der Waals surface area contributed by atoms with Crippen LogP contribution in [0.2, 0.25) is 5.02 Å². The number of halogens is 1. The van der Waals surface area contributed by atoms with Gasteiger partial charge in [0.05, 0.1) is 22.5 Å². The number of carbonyl (C=O) groups excluding carboxylic acids is 1. The Balaban J connectivity index is 1.87. The molecule has 0 aromatic heterocycles. The highest BCUT2D eigenvalue weighted by atomic mass is 35.5. The number of amides is 1. The lowest BCUT2D eigenvalue weighted by atomic mass is 10.2. The summed E-state index contributed by atoms with van der Waals surface area (Å²) in [6, 6.07) is 13.3. The van der Waals surface area contributed by atoms with Crippen molar-refractivity contribution in [3.63, 3.8) is 0 Å². The molecule has 118 valence electrons. The highest BCUT2D eigenvalue weighted by molar-refractivity contribution is 8.00. The van der Waals surface area contributed by atoms with Crippen LogP contribution in [0.4, 0.5) is 5.69 Å². The number of nitrogens with zero attached hydrogens (tertiary/aromatic N) is 2. The number of nitro groups is 1. The van der Waals surface area contributed by atoms with Gasteiger partial charge in [-0.25, -0.2) is 5.43 Å². The molecule has 0 aliphatic carbocycles. The first-order valence-corrected chi connectivity index (χ1v) is 7.86. The number of hydrazone groups is 1. The van der Waals surface area contributed by atoms with Gasteiger partial charge in [0.25, 0.3) is 5.69 Å². The van der Waals surface area contributed by atoms with Crippen LogP contribution in [-0.2, 0) is 4.79 Å². The number of carbonyl (C=O) groups is 1. The van der Waals surface area contributed by atoms with Crippen molar-refractivity contribution in [1.29, 1.82) is 0 Å². The van der Waals surface area contributed by atoms with Crippen LogP contribution >= 0.6 is 23.4 Å². The van der Waals surface area contributed by atoms with Crippen molar-refractivity contribution in [2.45, 2.75) is 4.90 Å². The molecule has 2 aromatic rings. The van der Waals surface area contributed by atoms with Gasteiger partial charge in [-0.05, 0) is 30.3 Å². The van der Waals surface area contributed by atoms with Gasteiger partial charge in [-0.1, -0.05) is 23.7 Å². The second kappa shape index (κ2) is 8.30. The summed E-state index contributed by atoms with van der Waals surface area (Å²) < 4.78 is 0. The van der Waals surface area contributed by atoms with E-state index in [0.717, 1.165) is 4.90 Å². The molecule has 0 heterocycles. The molecule has 1 N–H and O–H groups in total. The van der Waals surface area contributed by atoms with Crippen LogP contribution in [0.1, 0.15) is 5.56 Å². The monoisotopic (exact) mass is 349 g/mol. The average Bonchev–Trinajstić information content (AvgIpc) is 2.54. The first-order valence-electron chi connectivity index (χ1n) is 6.50. The van der Waals surface area contributed by atoms with Gasteiger partial charge in [0, 0.05) is 16.0 Å². The maximum absolute atomic E-state index is 11.7. The number of thioether (sulfide) groups is 1. The minimum Gasteiger partial charge on any atom is -0.272 e. The highest BCUT2D eigenvalue weighted by Crippen LogP contribution is 2.20. The van der Waals surface area contributed by atoms with Gasteiger partial charge < -0.3 is 0 Å². The third-order valence-electron chi connectivity index (χ3n) is 2.71. The predicted octanol–water partition coefficient (Wildman–Crippen LogP) is 3.49. The molecule has 2 aromatic carbocycles. The van der Waals surface area contributed by atoms with Crippen molar-refractivity contribution < 1.29 is 9.72 Å². The molecular weight excluding hydrogens is 338 g/mol. The van der Waals surface area contributed by atoms with E-state index in [9.17, 15) is 14.9 Å². The average molecular weight is 350 g/mol. The number of rotatable bonds is 6. The van der Waals surface area contributed by atoms with E-state index in [1.54, 1.807) is 30.3 Å². The fourth-order valence-corrected chi connectivity index (χ4v) is 2.47. The van der Waals surface area contributed by atoms with Gasteiger partial charge in [-0.3, -0.25) is 14.9 Å². The second-order valence-electron chi connectivity index (χ2n) is 4.35. The van der Waals surface area contributed by atoms with Crippen molar-refractivity contribution in [3.05, 3.63) is 69.2 Å². The van der Waals surface area contributed by atoms with Crippen molar-refractivity contribution >= 4 is 41.2 Å². The number of nitro benzene ring substituents is 1. The van der Waals surface area contributed by atoms with Gasteiger partial charge in [-0.2, -0.15) is 5.10 Å². The normalized spacial score (nSPS) is 10.7. The fraction of sp³-hybridized carbons (Fsp3) is 0.0667. The van der Waals surface area contributed by atoms with Crippen LogP contribution in [0.5, 0.6) is 0 Å². The third kappa shape index (κ3) is 5.39. The van der Waals surface area contributed by atoms with E-state index in [0.29, 0.717) is 10.6 Å². The highest BCUT2D eigenvalue weighted by Gasteiger charge is 2.10. The summed E-state index contributed by atoms with van der Waals surface area (Å²) in [5.74, 6) is -0.129. The fourth-order valence-electron chi connectivity index (χ4n) is 1.65. The molecule has 1 amide bonds. The zero-order valence-corrected chi connectivity index (χ0v) is 13.4. The maximum Gasteiger partial charge on any atom is 0.278 e. The van der Waals surface area contributed by atoms with Crippen LogP contribution in [0.15, 0.2) is 58.5 Å². The molecule has 0 atom stereocenters. The van der Waals surface area contributed by atoms with Crippen LogP contribution in [-0.4, -0.2) is 22.8 Å². The summed E-state index contributed by atoms with van der Waals surface area (Å²) in [6.45, 7) is 0. The molecule has 0 radical (unpaired) electrons. The molecule has 2 rings (SSSR count). The number of nitrogens with one attached hydrogen (secondary N) is 1. The minimum atomic E-state index is -0.500. The van der Waals surface area contributed by atoms with E-state index in [1.807, 2.05) is 12.1 Å². The van der Waals surface area contributed by atoms with Gasteiger partial charge in [-0.15, -0.1) is 11.8 Å². The molecule has 0 unspecified atom stereocenters. The lowest BCUT2D eigenvalue weighted by Crippen LogP contribution is -2.19. The lowest BCUT2D eigenvalue weighted by molar-refractivity contribution is -0.385. The number of benzene rings is 2. The lowest BCUT2D eigenvalue weighted by Gasteiger charge is -2.01. The maximum atomic E-state index is 11.7. The Labute approximate surface area is 141 Å². The van der Waals surface area contributed by atoms with Gasteiger partial charge in [0.1, 0.15) is 0 Å². The molecule has 0 spiro atoms. The zero-order chi connectivity index (χ0) is 16.7. The number of hydrogen-bond donors (Lipinski definition) is 1. The van der Waals surface area contributed by atoms with Gasteiger partial charge in [0.15, 0.2) is 0 Å². The molecule has 0 aliphatic rings. The SMILES string of the molecule is O=C(CSc1ccc(Cl)cc1)N/N=C/c1ccccc1[N+](=O)[O-]. The first kappa shape index (κ1) is 17.0. The smallest absolute Gasteiger partial charge is 0.272 e. The summed E-state index contributed by atoms with van der Waals surface area (Å²) in [4.78, 5) is 22.9. The molecular formula is C15H12ClN3O3S. The van der Waals surface area contributed by atoms with Crippen LogP contribution in [0.3, 0.4) is 0 Å². The van der Waals surface area contributed by atoms with Crippen LogP contribution in [0.25, 0.3) is 0 Å². The Hall–Kier alpha value is -2.38. The predicted molar refractivity (Wildman–Crippen MR) is 91.0 cm³/mol. The van der Waals surface area contributed by atoms with E-state index >= 15 is 0 Å². The van der Waals surface area contributed by atoms with Crippen molar-refractivity contribution in [2.75, 3.05) is 5.75 Å². The standard InChI is InChI=1S/C15H12ClN3O3S/c16-12-5-7-13(8-6-12)23-10-15(20)18-17-9-11-3-1-2-4-14(11)19(21)22/h1-9H,10H2,(H,18,20)/b17-9+. The van der Waals surface area contributed by atoms with E-state index in [4.69, 9.17) is 11.6 Å². The van der Waals surface area contributed by atoms with E-state index in [1.165, 1.54) is 24.0 Å². The van der Waals surface area contributed by atoms with Crippen molar-refractivity contribution in [2.24, 2.45) is 5.10 Å². The Bertz CT molecular complexity index is 735. The van der Waals surface area contributed by atoms with E-state index < -0.39 is 4.92 Å². The molecule has 6 nitrogen and oxygen atoms in total. The summed E-state index contributed by atoms with van der Waals surface area (Å²) >= 11 is 7.12. The molecule has 0 aliphatic heterocycles. The summed E-state index contributed by atoms with van der Waals surface area (Å²) in [6.07, 6.45) is 1.25. The molecule has 0 saturated carbocycles. The molecule has 8 heteroatoms. The van der Waals surface area contributed by atoms with Crippen molar-refractivity contribution in [1.82, 2.24) is 5.43 Å². The zero-order valence-electron chi connectivity index (χ0n) is 11.8. The van der Waals surface area contributed by atoms with Crippen molar-refractivity contribution in [3.8, 4) is 0 Å². The van der Waals surface area contributed by atoms with Crippen LogP contribution in [0, 0.1) is 10.1 Å². The molecule has 0 saturated heterocycles. The number of hydrogen-bond acceptors (Lipinski definition) is 5. The molecule has 0 fully saturated rings. The number of para-hydroxylation sites is 1. The summed E-state index contributed by atoms with van der Waals surface area (Å²) in [5, 5.41) is 15.2. The second-order valence-corrected chi connectivity index (χ2v) is 5.84. The summed E-state index contributed by atoms with van der Waals surface area (Å²) in [7, 11) is 0. The van der Waals surface area contributed by atoms with Gasteiger partial charge >= 0.3 is 0 Å². The largest absolute Gasteiger partial charge is 0.278 e. The quantitative estimate of drug-likeness (QED) is 0.374. The topological polar surface area (TPSA) is 84.6 Å². The van der Waals surface area contributed by atoms with Gasteiger partial charge in [0.2, 0.25) is 5.91 Å². The van der Waals surface area contributed by atoms with E-state index in [2.05, 4.69) is 10.5 Å². The van der Waals surface area contributed by atoms with E-state index in [-0.39, 0.29) is 17.3 Å². The third-order valence-corrected chi connectivity index (χ3v) is 3.97. The first-order chi connectivity index (χ1) is 11.1. The Morgan fingerprint density at radius 3 is 2.65 bits per heavy atom. The summed E-state index contributed by atoms with van der Waals surface area (Å²) in [5.41, 5.74) is 2.59. The molecule has 0 bridgehead atoms. The Kier molecular flexibility index (Phi) is 6.13. The Morgan fingerprint density at radius 2 is 1.96 bits per heavy atom. The minimum absolute atomic E-state index is 0.0685. The van der Waals surface area contributed by atoms with Crippen LogP contribution < -0.4 is 5.43 Å². The Morgan fingerprint density at radius 1 is 1.26 bits per heavy atom.